The zero-order valence-electron chi connectivity index (χ0n) is 19.6. The van der Waals surface area contributed by atoms with Gasteiger partial charge in [0.2, 0.25) is 0 Å². The van der Waals surface area contributed by atoms with Gasteiger partial charge < -0.3 is 20.3 Å². The fraction of sp³-hybridized carbons (Fsp3) is 0.538. The summed E-state index contributed by atoms with van der Waals surface area (Å²) in [6.45, 7) is 8.87. The quantitative estimate of drug-likeness (QED) is 0.645. The van der Waals surface area contributed by atoms with Crippen molar-refractivity contribution in [3.63, 3.8) is 0 Å². The highest BCUT2D eigenvalue weighted by Gasteiger charge is 2.30. The van der Waals surface area contributed by atoms with Crippen LogP contribution >= 0.6 is 0 Å². The summed E-state index contributed by atoms with van der Waals surface area (Å²) in [5.41, 5.74) is 11.3. The average molecular weight is 450 g/mol. The first-order chi connectivity index (χ1) is 16.0. The molecule has 3 heterocycles. The Balaban J connectivity index is 1.19. The molecule has 33 heavy (non-hydrogen) atoms. The molecule has 0 bridgehead atoms. The highest BCUT2D eigenvalue weighted by atomic mass is 16.5. The molecule has 7 nitrogen and oxygen atoms in total. The SMILES string of the molecule is C=C(N=CC1=C(N)CN(Cc2ccc3c(c2)CCN(C2CCC2)CC3)C1=O)N1CC(OC)C1. The normalized spacial score (nSPS) is 22.5. The number of benzene rings is 1. The minimum Gasteiger partial charge on any atom is -0.400 e. The smallest absolute Gasteiger partial charge is 0.257 e. The van der Waals surface area contributed by atoms with Gasteiger partial charge in [-0.25, -0.2) is 4.99 Å². The number of carbonyl (C=O) groups is 1. The van der Waals surface area contributed by atoms with E-state index < -0.39 is 0 Å². The van der Waals surface area contributed by atoms with Crippen molar-refractivity contribution < 1.29 is 9.53 Å². The van der Waals surface area contributed by atoms with Crippen molar-refractivity contribution in [1.29, 1.82) is 0 Å². The van der Waals surface area contributed by atoms with E-state index in [0.29, 0.717) is 30.2 Å². The molecule has 5 rings (SSSR count). The van der Waals surface area contributed by atoms with E-state index in [1.54, 1.807) is 13.3 Å². The van der Waals surface area contributed by atoms with Crippen LogP contribution in [0.3, 0.4) is 0 Å². The van der Waals surface area contributed by atoms with Gasteiger partial charge in [-0.3, -0.25) is 9.69 Å². The molecule has 0 radical (unpaired) electrons. The summed E-state index contributed by atoms with van der Waals surface area (Å²) < 4.78 is 5.29. The molecule has 4 aliphatic rings. The molecule has 0 aromatic heterocycles. The third-order valence-corrected chi connectivity index (χ3v) is 7.69. The van der Waals surface area contributed by atoms with Crippen LogP contribution in [-0.4, -0.2) is 78.8 Å². The lowest BCUT2D eigenvalue weighted by Crippen LogP contribution is -2.50. The van der Waals surface area contributed by atoms with E-state index in [1.807, 2.05) is 9.80 Å². The Morgan fingerprint density at radius 3 is 2.70 bits per heavy atom. The molecule has 176 valence electrons. The third-order valence-electron chi connectivity index (χ3n) is 7.69. The van der Waals surface area contributed by atoms with E-state index in [4.69, 9.17) is 10.5 Å². The Kier molecular flexibility index (Phi) is 6.25. The molecular weight excluding hydrogens is 414 g/mol. The number of nitrogens with zero attached hydrogens (tertiary/aromatic N) is 4. The van der Waals surface area contributed by atoms with Crippen molar-refractivity contribution in [3.8, 4) is 0 Å². The number of hydrogen-bond donors (Lipinski definition) is 1. The van der Waals surface area contributed by atoms with Crippen LogP contribution < -0.4 is 5.73 Å². The highest BCUT2D eigenvalue weighted by molar-refractivity contribution is 6.14. The second-order valence-corrected chi connectivity index (χ2v) is 9.76. The third kappa shape index (κ3) is 4.57. The first kappa shape index (κ1) is 22.2. The minimum absolute atomic E-state index is 0.0615. The number of aliphatic imine (C=N–C) groups is 1. The molecule has 1 aromatic rings. The number of fused-ring (bicyclic) bond motifs is 1. The number of hydrogen-bond acceptors (Lipinski definition) is 6. The van der Waals surface area contributed by atoms with E-state index in [0.717, 1.165) is 38.5 Å². The molecule has 1 aliphatic carbocycles. The van der Waals surface area contributed by atoms with Crippen molar-refractivity contribution in [2.45, 2.75) is 50.8 Å². The van der Waals surface area contributed by atoms with Gasteiger partial charge in [-0.15, -0.1) is 0 Å². The maximum absolute atomic E-state index is 13.0. The molecular formula is C26H35N5O2. The molecule has 1 amide bonds. The second-order valence-electron chi connectivity index (χ2n) is 9.76. The van der Waals surface area contributed by atoms with E-state index in [1.165, 1.54) is 42.5 Å². The molecule has 0 atom stereocenters. The maximum Gasteiger partial charge on any atom is 0.257 e. The largest absolute Gasteiger partial charge is 0.400 e. The zero-order chi connectivity index (χ0) is 22.9. The number of methoxy groups -OCH3 is 1. The van der Waals surface area contributed by atoms with Gasteiger partial charge in [0.15, 0.2) is 0 Å². The molecule has 0 spiro atoms. The Morgan fingerprint density at radius 1 is 1.24 bits per heavy atom. The van der Waals surface area contributed by atoms with Crippen LogP contribution in [-0.2, 0) is 28.9 Å². The fourth-order valence-corrected chi connectivity index (χ4v) is 5.19. The standard InChI is InChI=1S/C26H35N5O2/c1-18(30-15-23(16-30)33-2)28-13-24-25(27)17-31(26(24)32)14-19-6-7-20-8-10-29(22-4-3-5-22)11-9-21(20)12-19/h6-7,12-13,22-23H,1,3-5,8-11,14-17,27H2,2H3. The lowest BCUT2D eigenvalue weighted by Gasteiger charge is -2.39. The van der Waals surface area contributed by atoms with Gasteiger partial charge in [0, 0.05) is 57.8 Å². The van der Waals surface area contributed by atoms with Crippen LogP contribution in [0.15, 0.2) is 46.9 Å². The Hall–Kier alpha value is -2.64. The number of amides is 1. The van der Waals surface area contributed by atoms with Gasteiger partial charge in [0.1, 0.15) is 5.82 Å². The van der Waals surface area contributed by atoms with Crippen molar-refractivity contribution >= 4 is 12.1 Å². The average Bonchev–Trinajstić information content (AvgIpc) is 2.87. The number of rotatable bonds is 7. The predicted molar refractivity (Wildman–Crippen MR) is 130 cm³/mol. The van der Waals surface area contributed by atoms with Crippen LogP contribution in [0.25, 0.3) is 0 Å². The van der Waals surface area contributed by atoms with Crippen LogP contribution in [0.2, 0.25) is 0 Å². The monoisotopic (exact) mass is 449 g/mol. The van der Waals surface area contributed by atoms with Gasteiger partial charge >= 0.3 is 0 Å². The first-order valence-electron chi connectivity index (χ1n) is 12.1. The van der Waals surface area contributed by atoms with Gasteiger partial charge in [-0.05, 0) is 42.4 Å². The summed E-state index contributed by atoms with van der Waals surface area (Å²) in [6.07, 6.45) is 8.12. The predicted octanol–water partition coefficient (Wildman–Crippen LogP) is 2.07. The van der Waals surface area contributed by atoms with E-state index in [2.05, 4.69) is 34.7 Å². The van der Waals surface area contributed by atoms with Crippen molar-refractivity contribution in [2.75, 3.05) is 39.8 Å². The summed E-state index contributed by atoms with van der Waals surface area (Å²) in [7, 11) is 1.71. The maximum atomic E-state index is 13.0. The van der Waals surface area contributed by atoms with Gasteiger partial charge in [-0.1, -0.05) is 31.2 Å². The molecule has 7 heteroatoms. The molecule has 1 saturated carbocycles. The molecule has 2 fully saturated rings. The minimum atomic E-state index is -0.0615. The zero-order valence-corrected chi connectivity index (χ0v) is 19.6. The fourth-order valence-electron chi connectivity index (χ4n) is 5.19. The topological polar surface area (TPSA) is 74.4 Å². The lowest BCUT2D eigenvalue weighted by molar-refractivity contribution is -0.125. The summed E-state index contributed by atoms with van der Waals surface area (Å²) in [6, 6.07) is 7.53. The van der Waals surface area contributed by atoms with Gasteiger partial charge in [0.25, 0.3) is 5.91 Å². The summed E-state index contributed by atoms with van der Waals surface area (Å²) >= 11 is 0. The van der Waals surface area contributed by atoms with Crippen LogP contribution in [0.4, 0.5) is 0 Å². The van der Waals surface area contributed by atoms with Gasteiger partial charge in [0.05, 0.1) is 18.2 Å². The number of carbonyl (C=O) groups excluding carboxylic acids is 1. The molecule has 2 N–H and O–H groups in total. The Bertz CT molecular complexity index is 990. The number of nitrogens with two attached hydrogens (primary N) is 1. The summed E-state index contributed by atoms with van der Waals surface area (Å²) in [4.78, 5) is 23.9. The highest BCUT2D eigenvalue weighted by Crippen LogP contribution is 2.28. The van der Waals surface area contributed by atoms with E-state index >= 15 is 0 Å². The molecule has 1 saturated heterocycles. The van der Waals surface area contributed by atoms with E-state index in [9.17, 15) is 4.79 Å². The molecule has 3 aliphatic heterocycles. The lowest BCUT2D eigenvalue weighted by atomic mass is 9.91. The van der Waals surface area contributed by atoms with Crippen LogP contribution in [0.5, 0.6) is 0 Å². The second kappa shape index (κ2) is 9.31. The van der Waals surface area contributed by atoms with Gasteiger partial charge in [-0.2, -0.15) is 0 Å². The molecule has 0 unspecified atom stereocenters. The van der Waals surface area contributed by atoms with E-state index in [-0.39, 0.29) is 12.0 Å². The first-order valence-corrected chi connectivity index (χ1v) is 12.1. The van der Waals surface area contributed by atoms with Crippen LogP contribution in [0, 0.1) is 0 Å². The molecule has 1 aromatic carbocycles. The summed E-state index contributed by atoms with van der Waals surface area (Å²) in [5, 5.41) is 0. The Morgan fingerprint density at radius 2 is 2.00 bits per heavy atom. The number of ether oxygens (including phenoxy) is 1. The van der Waals surface area contributed by atoms with Crippen molar-refractivity contribution in [1.82, 2.24) is 14.7 Å². The Labute approximate surface area is 196 Å². The van der Waals surface area contributed by atoms with Crippen molar-refractivity contribution in [2.24, 2.45) is 10.7 Å². The van der Waals surface area contributed by atoms with Crippen LogP contribution in [0.1, 0.15) is 36.0 Å². The number of likely N-dealkylation sites (tertiary alicyclic amines) is 1. The summed E-state index contributed by atoms with van der Waals surface area (Å²) in [5.74, 6) is 0.574. The van der Waals surface area contributed by atoms with Crippen molar-refractivity contribution in [3.05, 3.63) is 58.6 Å².